The molecule has 0 amide bonds. The fraction of sp³-hybridized carbons (Fsp3) is 0.375. The Labute approximate surface area is 161 Å². The number of aromatic nitrogens is 2. The van der Waals surface area contributed by atoms with E-state index < -0.39 is 4.92 Å². The fourth-order valence-corrected chi connectivity index (χ4v) is 2.31. The van der Waals surface area contributed by atoms with Crippen molar-refractivity contribution in [3.63, 3.8) is 0 Å². The first kappa shape index (κ1) is 20.5. The van der Waals surface area contributed by atoms with E-state index in [0.29, 0.717) is 22.2 Å². The Kier molecular flexibility index (Phi) is 6.24. The summed E-state index contributed by atoms with van der Waals surface area (Å²) in [5.41, 5.74) is 5.42. The van der Waals surface area contributed by atoms with Crippen molar-refractivity contribution < 1.29 is 14.4 Å². The number of rotatable bonds is 7. The van der Waals surface area contributed by atoms with Gasteiger partial charge in [0.05, 0.1) is 29.9 Å². The van der Waals surface area contributed by atoms with Gasteiger partial charge in [-0.15, -0.1) is 0 Å². The summed E-state index contributed by atoms with van der Waals surface area (Å²) in [5.74, 6) is 0.790. The lowest BCUT2D eigenvalue weighted by Crippen LogP contribution is -2.40. The molecule has 0 saturated heterocycles. The molecule has 11 heteroatoms. The maximum Gasteiger partial charge on any atom is 0.354 e. The van der Waals surface area contributed by atoms with Crippen LogP contribution in [-0.4, -0.2) is 34.6 Å². The normalized spacial score (nSPS) is 11.0. The van der Waals surface area contributed by atoms with Crippen LogP contribution in [-0.2, 0) is 0 Å². The van der Waals surface area contributed by atoms with E-state index in [1.54, 1.807) is 6.07 Å². The highest BCUT2D eigenvalue weighted by atomic mass is 35.5. The minimum absolute atomic E-state index is 0.0194. The molecule has 0 spiro atoms. The summed E-state index contributed by atoms with van der Waals surface area (Å²) in [6.07, 6.45) is 1.21. The van der Waals surface area contributed by atoms with Gasteiger partial charge in [0.2, 0.25) is 11.6 Å². The van der Waals surface area contributed by atoms with Crippen LogP contribution in [0.25, 0.3) is 0 Å². The molecule has 27 heavy (non-hydrogen) atoms. The highest BCUT2D eigenvalue weighted by Crippen LogP contribution is 2.39. The number of benzene rings is 1. The number of anilines is 3. The van der Waals surface area contributed by atoms with Crippen LogP contribution >= 0.6 is 11.6 Å². The summed E-state index contributed by atoms with van der Waals surface area (Å²) in [6.45, 7) is 5.70. The molecule has 0 fully saturated rings. The predicted octanol–water partition coefficient (Wildman–Crippen LogP) is 3.51. The molecule has 0 aliphatic heterocycles. The van der Waals surface area contributed by atoms with Crippen LogP contribution in [0.2, 0.25) is 5.02 Å². The quantitative estimate of drug-likeness (QED) is 0.476. The Bertz CT molecular complexity index is 840. The zero-order valence-corrected chi connectivity index (χ0v) is 16.3. The van der Waals surface area contributed by atoms with Crippen LogP contribution in [0.1, 0.15) is 20.8 Å². The average Bonchev–Trinajstić information content (AvgIpc) is 2.59. The van der Waals surface area contributed by atoms with Crippen molar-refractivity contribution in [1.29, 1.82) is 0 Å². The van der Waals surface area contributed by atoms with E-state index in [2.05, 4.69) is 26.1 Å². The summed E-state index contributed by atoms with van der Waals surface area (Å²) >= 11 is 6.15. The van der Waals surface area contributed by atoms with E-state index in [1.807, 2.05) is 20.8 Å². The van der Waals surface area contributed by atoms with Crippen molar-refractivity contribution in [2.24, 2.45) is 0 Å². The van der Waals surface area contributed by atoms with Crippen molar-refractivity contribution in [3.8, 4) is 11.5 Å². The van der Waals surface area contributed by atoms with Gasteiger partial charge in [-0.1, -0.05) is 11.6 Å². The Morgan fingerprint density at radius 1 is 1.11 bits per heavy atom. The maximum atomic E-state index is 11.6. The summed E-state index contributed by atoms with van der Waals surface area (Å²) in [5, 5.41) is 14.8. The highest BCUT2D eigenvalue weighted by molar-refractivity contribution is 6.32. The molecule has 0 aliphatic rings. The van der Waals surface area contributed by atoms with Gasteiger partial charge in [0.1, 0.15) is 17.8 Å². The van der Waals surface area contributed by atoms with Crippen molar-refractivity contribution in [2.45, 2.75) is 26.3 Å². The van der Waals surface area contributed by atoms with Gasteiger partial charge in [-0.05, 0) is 26.8 Å². The zero-order chi connectivity index (χ0) is 20.2. The summed E-state index contributed by atoms with van der Waals surface area (Å²) in [4.78, 5) is 19.0. The molecule has 0 saturated carbocycles. The third-order valence-corrected chi connectivity index (χ3v) is 3.58. The molecule has 0 radical (unpaired) electrons. The molecule has 0 atom stereocenters. The monoisotopic (exact) mass is 396 g/mol. The number of nitrogens with one attached hydrogen (secondary N) is 3. The number of hydrogen-bond donors (Lipinski definition) is 3. The third-order valence-electron chi connectivity index (χ3n) is 3.29. The predicted molar refractivity (Wildman–Crippen MR) is 103 cm³/mol. The van der Waals surface area contributed by atoms with Gasteiger partial charge in [-0.25, -0.2) is 15.4 Å². The van der Waals surface area contributed by atoms with Gasteiger partial charge < -0.3 is 14.8 Å². The molecule has 1 aromatic carbocycles. The lowest BCUT2D eigenvalue weighted by molar-refractivity contribution is -0.383. The van der Waals surface area contributed by atoms with Crippen LogP contribution < -0.4 is 25.6 Å². The molecule has 0 aliphatic carbocycles. The zero-order valence-electron chi connectivity index (χ0n) is 15.6. The average molecular weight is 397 g/mol. The molecule has 2 aromatic rings. The Morgan fingerprint density at radius 2 is 1.74 bits per heavy atom. The molecule has 2 rings (SSSR count). The molecule has 0 bridgehead atoms. The van der Waals surface area contributed by atoms with Crippen molar-refractivity contribution >= 4 is 34.6 Å². The van der Waals surface area contributed by atoms with Gasteiger partial charge in [-0.3, -0.25) is 15.5 Å². The molecular formula is C16H21ClN6O4. The van der Waals surface area contributed by atoms with Gasteiger partial charge in [-0.2, -0.15) is 0 Å². The van der Waals surface area contributed by atoms with E-state index in [4.69, 9.17) is 21.1 Å². The van der Waals surface area contributed by atoms with Crippen molar-refractivity contribution in [2.75, 3.05) is 25.0 Å². The standard InChI is InChI=1S/C16H21ClN6O4/c1-16(2,3)22-21-15-13(23(24)25)14(18-8-19-15)20-10-6-9(17)11(26-4)7-12(10)27-5/h6-8,22H,1-5H3,(H2,18,19,20,21). The molecule has 0 unspecified atom stereocenters. The number of halogens is 1. The molecule has 3 N–H and O–H groups in total. The Hall–Kier alpha value is -2.85. The van der Waals surface area contributed by atoms with Crippen molar-refractivity contribution in [1.82, 2.24) is 15.4 Å². The molecule has 146 valence electrons. The van der Waals surface area contributed by atoms with Gasteiger partial charge in [0.25, 0.3) is 0 Å². The first-order valence-corrected chi connectivity index (χ1v) is 8.25. The van der Waals surface area contributed by atoms with E-state index in [0.717, 1.165) is 0 Å². The largest absolute Gasteiger partial charge is 0.495 e. The van der Waals surface area contributed by atoms with Gasteiger partial charge >= 0.3 is 5.69 Å². The summed E-state index contributed by atoms with van der Waals surface area (Å²) in [7, 11) is 2.94. The number of methoxy groups -OCH3 is 2. The second-order valence-corrected chi connectivity index (χ2v) is 6.90. The first-order chi connectivity index (χ1) is 12.7. The summed E-state index contributed by atoms with van der Waals surface area (Å²) < 4.78 is 10.4. The van der Waals surface area contributed by atoms with Crippen LogP contribution in [0, 0.1) is 10.1 Å². The van der Waals surface area contributed by atoms with Crippen LogP contribution in [0.15, 0.2) is 18.5 Å². The fourth-order valence-electron chi connectivity index (χ4n) is 2.07. The Balaban J connectivity index is 2.45. The third kappa shape index (κ3) is 5.08. The number of nitro groups is 1. The van der Waals surface area contributed by atoms with Crippen LogP contribution in [0.4, 0.5) is 23.0 Å². The smallest absolute Gasteiger partial charge is 0.354 e. The minimum Gasteiger partial charge on any atom is -0.495 e. The minimum atomic E-state index is -0.577. The van der Waals surface area contributed by atoms with Gasteiger partial charge in [0, 0.05) is 11.6 Å². The van der Waals surface area contributed by atoms with Crippen LogP contribution in [0.3, 0.4) is 0 Å². The van der Waals surface area contributed by atoms with E-state index in [9.17, 15) is 10.1 Å². The SMILES string of the molecule is COc1cc(OC)c(Nc2ncnc(NNC(C)(C)C)c2[N+](=O)[O-])cc1Cl. The molecule has 1 aromatic heterocycles. The summed E-state index contributed by atoms with van der Waals surface area (Å²) in [6, 6.07) is 3.10. The van der Waals surface area contributed by atoms with E-state index in [1.165, 1.54) is 26.6 Å². The lowest BCUT2D eigenvalue weighted by atomic mass is 10.1. The highest BCUT2D eigenvalue weighted by Gasteiger charge is 2.25. The van der Waals surface area contributed by atoms with E-state index >= 15 is 0 Å². The second kappa shape index (κ2) is 8.23. The molecule has 1 heterocycles. The van der Waals surface area contributed by atoms with Crippen molar-refractivity contribution in [3.05, 3.63) is 33.6 Å². The first-order valence-electron chi connectivity index (χ1n) is 7.87. The van der Waals surface area contributed by atoms with E-state index in [-0.39, 0.29) is 22.9 Å². The molecule has 10 nitrogen and oxygen atoms in total. The number of hydrazine groups is 1. The topological polar surface area (TPSA) is 123 Å². The van der Waals surface area contributed by atoms with Crippen LogP contribution in [0.5, 0.6) is 11.5 Å². The second-order valence-electron chi connectivity index (χ2n) is 6.49. The Morgan fingerprint density at radius 3 is 2.30 bits per heavy atom. The van der Waals surface area contributed by atoms with Gasteiger partial charge in [0.15, 0.2) is 0 Å². The number of nitrogens with zero attached hydrogens (tertiary/aromatic N) is 3. The lowest BCUT2D eigenvalue weighted by Gasteiger charge is -2.21. The number of ether oxygens (including phenoxy) is 2. The molecular weight excluding hydrogens is 376 g/mol. The number of hydrogen-bond acceptors (Lipinski definition) is 9. The maximum absolute atomic E-state index is 11.6.